The molecule has 0 radical (unpaired) electrons. The fraction of sp³-hybridized carbons (Fsp3) is 0.167. The van der Waals surface area contributed by atoms with Crippen molar-refractivity contribution in [2.45, 2.75) is 13.5 Å². The van der Waals surface area contributed by atoms with Gasteiger partial charge in [-0.05, 0) is 31.2 Å². The zero-order valence-electron chi connectivity index (χ0n) is 8.90. The number of rotatable bonds is 3. The number of furan rings is 1. The Labute approximate surface area is 93.5 Å². The number of nitrogens with zero attached hydrogens (tertiary/aromatic N) is 2. The lowest BCUT2D eigenvalue weighted by Crippen LogP contribution is -2.02. The Morgan fingerprint density at radius 2 is 2.31 bits per heavy atom. The zero-order chi connectivity index (χ0) is 11.4. The van der Waals surface area contributed by atoms with E-state index in [1.165, 1.54) is 0 Å². The first-order valence-corrected chi connectivity index (χ1v) is 4.94. The Balaban J connectivity index is 2.08. The quantitative estimate of drug-likeness (QED) is 0.850. The van der Waals surface area contributed by atoms with E-state index in [1.54, 1.807) is 18.3 Å². The first kappa shape index (κ1) is 10.2. The summed E-state index contributed by atoms with van der Waals surface area (Å²) in [6.45, 7) is 2.42. The first-order chi connectivity index (χ1) is 7.79. The van der Waals surface area contributed by atoms with Crippen molar-refractivity contribution in [2.24, 2.45) is 0 Å². The number of anilines is 1. The molecule has 4 nitrogen and oxygen atoms in total. The van der Waals surface area contributed by atoms with Crippen LogP contribution in [0, 0.1) is 18.3 Å². The maximum Gasteiger partial charge on any atom is 0.144 e. The molecule has 1 N–H and O–H groups in total. The van der Waals surface area contributed by atoms with Crippen molar-refractivity contribution < 1.29 is 4.42 Å². The number of aryl methyl sites for hydroxylation is 1. The Kier molecular flexibility index (Phi) is 2.88. The molecule has 0 saturated heterocycles. The molecule has 0 unspecified atom stereocenters. The van der Waals surface area contributed by atoms with E-state index in [2.05, 4.69) is 16.4 Å². The maximum absolute atomic E-state index is 8.87. The smallest absolute Gasteiger partial charge is 0.144 e. The van der Waals surface area contributed by atoms with Gasteiger partial charge in [0.1, 0.15) is 23.4 Å². The maximum atomic E-state index is 8.87. The summed E-state index contributed by atoms with van der Waals surface area (Å²) in [4.78, 5) is 4.10. The summed E-state index contributed by atoms with van der Waals surface area (Å²) in [6, 6.07) is 9.35. The highest BCUT2D eigenvalue weighted by Gasteiger charge is 2.03. The van der Waals surface area contributed by atoms with Crippen LogP contribution in [0.2, 0.25) is 0 Å². The molecule has 2 rings (SSSR count). The van der Waals surface area contributed by atoms with Crippen molar-refractivity contribution in [1.82, 2.24) is 4.98 Å². The van der Waals surface area contributed by atoms with Crippen molar-refractivity contribution in [3.05, 3.63) is 47.5 Å². The van der Waals surface area contributed by atoms with Crippen LogP contribution >= 0.6 is 0 Å². The third kappa shape index (κ3) is 2.20. The van der Waals surface area contributed by atoms with Crippen LogP contribution in [-0.4, -0.2) is 4.98 Å². The number of aromatic nitrogens is 1. The Hall–Kier alpha value is -2.28. The predicted molar refractivity (Wildman–Crippen MR) is 59.7 cm³/mol. The molecule has 0 atom stereocenters. The molecule has 2 heterocycles. The zero-order valence-corrected chi connectivity index (χ0v) is 8.90. The lowest BCUT2D eigenvalue weighted by atomic mass is 10.3. The molecule has 2 aromatic rings. The van der Waals surface area contributed by atoms with Gasteiger partial charge in [0.25, 0.3) is 0 Å². The van der Waals surface area contributed by atoms with Gasteiger partial charge < -0.3 is 9.73 Å². The van der Waals surface area contributed by atoms with Crippen LogP contribution in [0.1, 0.15) is 17.1 Å². The second-order valence-corrected chi connectivity index (χ2v) is 3.38. The lowest BCUT2D eigenvalue weighted by molar-refractivity contribution is 0.490. The van der Waals surface area contributed by atoms with E-state index in [4.69, 9.17) is 9.68 Å². The van der Waals surface area contributed by atoms with Gasteiger partial charge in [0.2, 0.25) is 0 Å². The fourth-order valence-corrected chi connectivity index (χ4v) is 1.39. The van der Waals surface area contributed by atoms with E-state index in [1.807, 2.05) is 19.1 Å². The molecule has 80 valence electrons. The van der Waals surface area contributed by atoms with E-state index in [0.29, 0.717) is 17.9 Å². The summed E-state index contributed by atoms with van der Waals surface area (Å²) in [6.07, 6.45) is 1.65. The van der Waals surface area contributed by atoms with Crippen molar-refractivity contribution in [3.63, 3.8) is 0 Å². The summed E-state index contributed by atoms with van der Waals surface area (Å²) >= 11 is 0. The minimum atomic E-state index is 0.527. The van der Waals surface area contributed by atoms with Gasteiger partial charge in [-0.3, -0.25) is 0 Å². The molecule has 4 heteroatoms. The number of pyridine rings is 1. The molecule has 0 bridgehead atoms. The average molecular weight is 213 g/mol. The minimum Gasteiger partial charge on any atom is -0.465 e. The normalized spacial score (nSPS) is 9.75. The second kappa shape index (κ2) is 4.49. The van der Waals surface area contributed by atoms with Crippen LogP contribution in [0.5, 0.6) is 0 Å². The van der Waals surface area contributed by atoms with Crippen LogP contribution in [0.3, 0.4) is 0 Å². The van der Waals surface area contributed by atoms with E-state index >= 15 is 0 Å². The van der Waals surface area contributed by atoms with Gasteiger partial charge in [-0.25, -0.2) is 4.98 Å². The van der Waals surface area contributed by atoms with Gasteiger partial charge in [0.15, 0.2) is 0 Å². The van der Waals surface area contributed by atoms with Gasteiger partial charge >= 0.3 is 0 Å². The summed E-state index contributed by atoms with van der Waals surface area (Å²) in [5.41, 5.74) is 0.533. The molecular formula is C12H11N3O. The van der Waals surface area contributed by atoms with E-state index in [-0.39, 0.29) is 0 Å². The van der Waals surface area contributed by atoms with Crippen molar-refractivity contribution in [3.8, 4) is 6.07 Å². The third-order valence-electron chi connectivity index (χ3n) is 2.15. The SMILES string of the molecule is Cc1ccc(CNc2ncccc2C#N)o1. The van der Waals surface area contributed by atoms with E-state index in [9.17, 15) is 0 Å². The van der Waals surface area contributed by atoms with Crippen LogP contribution in [0.4, 0.5) is 5.82 Å². The first-order valence-electron chi connectivity index (χ1n) is 4.94. The summed E-state index contributed by atoms with van der Waals surface area (Å²) < 4.78 is 5.41. The van der Waals surface area contributed by atoms with Crippen molar-refractivity contribution in [2.75, 3.05) is 5.32 Å². The third-order valence-corrected chi connectivity index (χ3v) is 2.15. The molecule has 0 aliphatic heterocycles. The van der Waals surface area contributed by atoms with Gasteiger partial charge in [-0.15, -0.1) is 0 Å². The molecule has 0 fully saturated rings. The van der Waals surface area contributed by atoms with Gasteiger partial charge in [0.05, 0.1) is 12.1 Å². The Bertz CT molecular complexity index is 525. The number of hydrogen-bond donors (Lipinski definition) is 1. The van der Waals surface area contributed by atoms with Crippen molar-refractivity contribution >= 4 is 5.82 Å². The van der Waals surface area contributed by atoms with Crippen LogP contribution in [0.15, 0.2) is 34.9 Å². The van der Waals surface area contributed by atoms with Crippen LogP contribution in [0.25, 0.3) is 0 Å². The molecule has 2 aromatic heterocycles. The largest absolute Gasteiger partial charge is 0.465 e. The molecule has 0 aliphatic rings. The Morgan fingerprint density at radius 3 is 3.00 bits per heavy atom. The molecule has 0 aliphatic carbocycles. The minimum absolute atomic E-state index is 0.527. The average Bonchev–Trinajstić information content (AvgIpc) is 2.73. The monoisotopic (exact) mass is 213 g/mol. The summed E-state index contributed by atoms with van der Waals surface area (Å²) in [7, 11) is 0. The van der Waals surface area contributed by atoms with E-state index < -0.39 is 0 Å². The molecule has 0 saturated carbocycles. The Morgan fingerprint density at radius 1 is 1.44 bits per heavy atom. The topological polar surface area (TPSA) is 61.9 Å². The summed E-state index contributed by atoms with van der Waals surface area (Å²) in [5, 5.41) is 11.9. The van der Waals surface area contributed by atoms with Crippen LogP contribution < -0.4 is 5.32 Å². The highest BCUT2D eigenvalue weighted by molar-refractivity contribution is 5.51. The molecule has 0 spiro atoms. The van der Waals surface area contributed by atoms with Gasteiger partial charge in [-0.2, -0.15) is 5.26 Å². The van der Waals surface area contributed by atoms with Crippen LogP contribution in [-0.2, 0) is 6.54 Å². The van der Waals surface area contributed by atoms with Gasteiger partial charge in [0, 0.05) is 6.20 Å². The fourth-order valence-electron chi connectivity index (χ4n) is 1.39. The van der Waals surface area contributed by atoms with E-state index in [0.717, 1.165) is 11.5 Å². The van der Waals surface area contributed by atoms with Gasteiger partial charge in [-0.1, -0.05) is 0 Å². The molecule has 0 amide bonds. The highest BCUT2D eigenvalue weighted by atomic mass is 16.3. The molecule has 16 heavy (non-hydrogen) atoms. The predicted octanol–water partition coefficient (Wildman–Crippen LogP) is 2.47. The lowest BCUT2D eigenvalue weighted by Gasteiger charge is -2.04. The number of nitriles is 1. The molecule has 0 aromatic carbocycles. The highest BCUT2D eigenvalue weighted by Crippen LogP contribution is 2.12. The summed E-state index contributed by atoms with van der Waals surface area (Å²) in [5.74, 6) is 2.28. The number of hydrogen-bond acceptors (Lipinski definition) is 4. The van der Waals surface area contributed by atoms with Crippen molar-refractivity contribution in [1.29, 1.82) is 5.26 Å². The number of nitrogens with one attached hydrogen (secondary N) is 1. The molecular weight excluding hydrogens is 202 g/mol. The second-order valence-electron chi connectivity index (χ2n) is 3.38. The standard InChI is InChI=1S/C12H11N3O/c1-9-4-5-11(16-9)8-15-12-10(7-13)3-2-6-14-12/h2-6H,8H2,1H3,(H,14,15).